The van der Waals surface area contributed by atoms with Crippen molar-refractivity contribution in [2.24, 2.45) is 0 Å². The molecule has 92 valence electrons. The minimum atomic E-state index is -0.509. The third-order valence-corrected chi connectivity index (χ3v) is 4.11. The highest BCUT2D eigenvalue weighted by Crippen LogP contribution is 2.32. The summed E-state index contributed by atoms with van der Waals surface area (Å²) in [4.78, 5) is 13.8. The maximum atomic E-state index is 11.6. The van der Waals surface area contributed by atoms with E-state index in [0.29, 0.717) is 6.54 Å². The molecule has 16 heavy (non-hydrogen) atoms. The van der Waals surface area contributed by atoms with Crippen molar-refractivity contribution >= 4 is 5.78 Å². The van der Waals surface area contributed by atoms with Crippen LogP contribution in [0.15, 0.2) is 0 Å². The molecule has 1 atom stereocenters. The molecule has 2 rings (SSSR count). The van der Waals surface area contributed by atoms with Gasteiger partial charge in [0.1, 0.15) is 5.78 Å². The maximum absolute atomic E-state index is 11.6. The second-order valence-corrected chi connectivity index (χ2v) is 5.52. The Morgan fingerprint density at radius 3 is 2.62 bits per heavy atom. The van der Waals surface area contributed by atoms with Crippen molar-refractivity contribution in [3.63, 3.8) is 0 Å². The quantitative estimate of drug-likeness (QED) is 0.795. The van der Waals surface area contributed by atoms with Crippen molar-refractivity contribution in [2.75, 3.05) is 13.1 Å². The van der Waals surface area contributed by atoms with Gasteiger partial charge in [0.25, 0.3) is 0 Å². The van der Waals surface area contributed by atoms with Gasteiger partial charge in [-0.25, -0.2) is 0 Å². The normalized spacial score (nSPS) is 30.5. The Morgan fingerprint density at radius 1 is 1.31 bits per heavy atom. The first-order valence-electron chi connectivity index (χ1n) is 6.58. The summed E-state index contributed by atoms with van der Waals surface area (Å²) in [6.07, 6.45) is 7.39. The van der Waals surface area contributed by atoms with Crippen molar-refractivity contribution in [2.45, 2.75) is 63.5 Å². The predicted octanol–water partition coefficient (Wildman–Crippen LogP) is 1.73. The number of likely N-dealkylation sites (tertiary alicyclic amines) is 1. The number of ketones is 1. The van der Waals surface area contributed by atoms with E-state index < -0.39 is 5.60 Å². The third-order valence-electron chi connectivity index (χ3n) is 4.11. The van der Waals surface area contributed by atoms with E-state index in [1.54, 1.807) is 6.92 Å². The average molecular weight is 225 g/mol. The number of rotatable bonds is 3. The Labute approximate surface area is 97.8 Å². The molecule has 1 saturated carbocycles. The van der Waals surface area contributed by atoms with Crippen LogP contribution in [-0.4, -0.2) is 40.5 Å². The molecule has 3 nitrogen and oxygen atoms in total. The molecule has 3 heteroatoms. The molecule has 0 aromatic heterocycles. The fraction of sp³-hybridized carbons (Fsp3) is 0.923. The molecule has 2 fully saturated rings. The Kier molecular flexibility index (Phi) is 3.65. The summed E-state index contributed by atoms with van der Waals surface area (Å²) in [5.74, 6) is 0.265. The molecule has 2 aliphatic rings. The standard InChI is InChI=1S/C13H23NO2/c1-11(15)12-6-2-5-9-14(12)10-13(16)7-3-4-8-13/h12,16H,2-10H2,1H3. The smallest absolute Gasteiger partial charge is 0.146 e. The first-order valence-corrected chi connectivity index (χ1v) is 6.58. The fourth-order valence-corrected chi connectivity index (χ4v) is 3.21. The summed E-state index contributed by atoms with van der Waals surface area (Å²) in [5, 5.41) is 10.4. The first kappa shape index (κ1) is 12.1. The highest BCUT2D eigenvalue weighted by molar-refractivity contribution is 5.81. The number of β-amino-alcohol motifs (C(OH)–C–C–N with tert-alkyl or cyclic N) is 1. The Hall–Kier alpha value is -0.410. The van der Waals surface area contributed by atoms with Crippen LogP contribution in [-0.2, 0) is 4.79 Å². The monoisotopic (exact) mass is 225 g/mol. The molecular weight excluding hydrogens is 202 g/mol. The van der Waals surface area contributed by atoms with Crippen LogP contribution in [0.1, 0.15) is 51.9 Å². The Morgan fingerprint density at radius 2 is 2.00 bits per heavy atom. The van der Waals surface area contributed by atoms with Gasteiger partial charge in [-0.3, -0.25) is 9.69 Å². The molecule has 1 unspecified atom stereocenters. The minimum Gasteiger partial charge on any atom is -0.389 e. The van der Waals surface area contributed by atoms with E-state index in [0.717, 1.165) is 45.1 Å². The fourth-order valence-electron chi connectivity index (χ4n) is 3.21. The van der Waals surface area contributed by atoms with Crippen molar-refractivity contribution in [1.82, 2.24) is 4.90 Å². The summed E-state index contributed by atoms with van der Waals surface area (Å²) in [6, 6.07) is 0.0679. The van der Waals surface area contributed by atoms with Gasteiger partial charge in [0.2, 0.25) is 0 Å². The first-order chi connectivity index (χ1) is 7.61. The van der Waals surface area contributed by atoms with Gasteiger partial charge in [0.05, 0.1) is 11.6 Å². The minimum absolute atomic E-state index is 0.0679. The van der Waals surface area contributed by atoms with Gasteiger partial charge < -0.3 is 5.11 Å². The molecule has 1 N–H and O–H groups in total. The highest BCUT2D eigenvalue weighted by Gasteiger charge is 2.36. The number of nitrogens with zero attached hydrogens (tertiary/aromatic N) is 1. The van der Waals surface area contributed by atoms with Crippen molar-refractivity contribution < 1.29 is 9.90 Å². The van der Waals surface area contributed by atoms with Gasteiger partial charge in [-0.1, -0.05) is 19.3 Å². The Bertz CT molecular complexity index is 259. The van der Waals surface area contributed by atoms with Crippen molar-refractivity contribution in [1.29, 1.82) is 0 Å². The summed E-state index contributed by atoms with van der Waals surface area (Å²) in [5.41, 5.74) is -0.509. The topological polar surface area (TPSA) is 40.5 Å². The van der Waals surface area contributed by atoms with Gasteiger partial charge in [-0.2, -0.15) is 0 Å². The zero-order valence-electron chi connectivity index (χ0n) is 10.2. The molecule has 1 aliphatic heterocycles. The average Bonchev–Trinajstić information content (AvgIpc) is 2.65. The number of piperidine rings is 1. The van der Waals surface area contributed by atoms with Crippen LogP contribution < -0.4 is 0 Å². The molecular formula is C13H23NO2. The number of carbonyl (C=O) groups excluding carboxylic acids is 1. The molecule has 0 spiro atoms. The van der Waals surface area contributed by atoms with Crippen LogP contribution in [0.4, 0.5) is 0 Å². The maximum Gasteiger partial charge on any atom is 0.146 e. The largest absolute Gasteiger partial charge is 0.389 e. The van der Waals surface area contributed by atoms with Crippen molar-refractivity contribution in [3.05, 3.63) is 0 Å². The van der Waals surface area contributed by atoms with Crippen LogP contribution in [0, 0.1) is 0 Å². The van der Waals surface area contributed by atoms with Crippen LogP contribution in [0.25, 0.3) is 0 Å². The van der Waals surface area contributed by atoms with Crippen LogP contribution in [0.5, 0.6) is 0 Å². The van der Waals surface area contributed by atoms with E-state index in [-0.39, 0.29) is 11.8 Å². The second-order valence-electron chi connectivity index (χ2n) is 5.52. The predicted molar refractivity (Wildman–Crippen MR) is 63.3 cm³/mol. The number of hydrogen-bond acceptors (Lipinski definition) is 3. The molecule has 1 saturated heterocycles. The Balaban J connectivity index is 1.98. The van der Waals surface area contributed by atoms with Gasteiger partial charge in [0.15, 0.2) is 0 Å². The molecule has 1 heterocycles. The van der Waals surface area contributed by atoms with Crippen LogP contribution in [0.3, 0.4) is 0 Å². The molecule has 1 aliphatic carbocycles. The van der Waals surface area contributed by atoms with Gasteiger partial charge in [-0.05, 0) is 39.2 Å². The van der Waals surface area contributed by atoms with E-state index in [2.05, 4.69) is 4.90 Å². The lowest BCUT2D eigenvalue weighted by atomic mass is 9.94. The lowest BCUT2D eigenvalue weighted by Crippen LogP contribution is -2.50. The lowest BCUT2D eigenvalue weighted by Gasteiger charge is -2.38. The second kappa shape index (κ2) is 4.84. The van der Waals surface area contributed by atoms with Crippen molar-refractivity contribution in [3.8, 4) is 0 Å². The van der Waals surface area contributed by atoms with Crippen LogP contribution >= 0.6 is 0 Å². The zero-order valence-corrected chi connectivity index (χ0v) is 10.2. The number of Topliss-reactive ketones (excluding diaryl/α,β-unsaturated/α-hetero) is 1. The highest BCUT2D eigenvalue weighted by atomic mass is 16.3. The third kappa shape index (κ3) is 2.64. The van der Waals surface area contributed by atoms with E-state index in [9.17, 15) is 9.90 Å². The lowest BCUT2D eigenvalue weighted by molar-refractivity contribution is -0.125. The number of aliphatic hydroxyl groups is 1. The summed E-state index contributed by atoms with van der Waals surface area (Å²) >= 11 is 0. The van der Waals surface area contributed by atoms with E-state index in [1.165, 1.54) is 6.42 Å². The summed E-state index contributed by atoms with van der Waals surface area (Å²) < 4.78 is 0. The zero-order chi connectivity index (χ0) is 11.6. The van der Waals surface area contributed by atoms with Gasteiger partial charge in [-0.15, -0.1) is 0 Å². The van der Waals surface area contributed by atoms with E-state index in [4.69, 9.17) is 0 Å². The number of carbonyl (C=O) groups is 1. The molecule has 0 bridgehead atoms. The summed E-state index contributed by atoms with van der Waals surface area (Å²) in [7, 11) is 0. The van der Waals surface area contributed by atoms with Crippen LogP contribution in [0.2, 0.25) is 0 Å². The van der Waals surface area contributed by atoms with E-state index in [1.807, 2.05) is 0 Å². The van der Waals surface area contributed by atoms with Gasteiger partial charge in [0, 0.05) is 6.54 Å². The van der Waals surface area contributed by atoms with Gasteiger partial charge >= 0.3 is 0 Å². The molecule has 0 aromatic carbocycles. The van der Waals surface area contributed by atoms with E-state index >= 15 is 0 Å². The number of hydrogen-bond donors (Lipinski definition) is 1. The SMILES string of the molecule is CC(=O)C1CCCCN1CC1(O)CCCC1. The molecule has 0 amide bonds. The summed E-state index contributed by atoms with van der Waals surface area (Å²) in [6.45, 7) is 3.37. The molecule has 0 aromatic rings. The molecule has 0 radical (unpaired) electrons.